The van der Waals surface area contributed by atoms with Crippen LogP contribution in [-0.2, 0) is 0 Å². The maximum Gasteiger partial charge on any atom is 0.254 e. The summed E-state index contributed by atoms with van der Waals surface area (Å²) in [6.45, 7) is 1.78. The van der Waals surface area contributed by atoms with Crippen LogP contribution in [0.3, 0.4) is 0 Å². The molecule has 0 aliphatic rings. The van der Waals surface area contributed by atoms with Crippen LogP contribution < -0.4 is 10.1 Å². The monoisotopic (exact) mass is 439 g/mol. The van der Waals surface area contributed by atoms with Crippen LogP contribution in [-0.4, -0.2) is 32.2 Å². The SMILES string of the molecule is CSc1nc(C)cc(OC(NC(=O)c2ccc(Cl)cc2)C(Cl)(Cl)Cl)n1. The molecule has 0 aliphatic carbocycles. The van der Waals surface area contributed by atoms with Crippen LogP contribution >= 0.6 is 58.2 Å². The van der Waals surface area contributed by atoms with Crippen LogP contribution in [0.1, 0.15) is 16.1 Å². The first-order valence-corrected chi connectivity index (χ1v) is 9.62. The number of carbonyl (C=O) groups excluding carboxylic acids is 1. The quantitative estimate of drug-likeness (QED) is 0.317. The molecule has 1 unspecified atom stereocenters. The van der Waals surface area contributed by atoms with Crippen LogP contribution in [0.25, 0.3) is 0 Å². The molecule has 25 heavy (non-hydrogen) atoms. The fourth-order valence-electron chi connectivity index (χ4n) is 1.77. The summed E-state index contributed by atoms with van der Waals surface area (Å²) in [5, 5.41) is 3.54. The third-order valence-electron chi connectivity index (χ3n) is 2.90. The second-order valence-corrected chi connectivity index (χ2v) is 8.43. The van der Waals surface area contributed by atoms with E-state index in [1.807, 2.05) is 6.26 Å². The normalized spacial score (nSPS) is 12.6. The molecule has 1 N–H and O–H groups in total. The zero-order chi connectivity index (χ0) is 18.6. The molecule has 0 saturated carbocycles. The first-order chi connectivity index (χ1) is 11.7. The number of hydrogen-bond donors (Lipinski definition) is 1. The van der Waals surface area contributed by atoms with E-state index in [0.717, 1.165) is 0 Å². The molecule has 0 saturated heterocycles. The van der Waals surface area contributed by atoms with Gasteiger partial charge in [-0.2, -0.15) is 4.98 Å². The number of alkyl halides is 3. The van der Waals surface area contributed by atoms with Crippen molar-refractivity contribution in [2.75, 3.05) is 6.26 Å². The Hall–Kier alpha value is -0.920. The fourth-order valence-corrected chi connectivity index (χ4v) is 2.61. The van der Waals surface area contributed by atoms with Crippen LogP contribution in [0.5, 0.6) is 5.88 Å². The predicted octanol–water partition coefficient (Wildman–Crippen LogP) is 4.67. The topological polar surface area (TPSA) is 64.1 Å². The summed E-state index contributed by atoms with van der Waals surface area (Å²) in [6.07, 6.45) is 0.567. The van der Waals surface area contributed by atoms with Gasteiger partial charge in [0.05, 0.1) is 0 Å². The van der Waals surface area contributed by atoms with Crippen LogP contribution in [0.2, 0.25) is 5.02 Å². The molecular formula is C15H13Cl4N3O2S. The molecule has 0 bridgehead atoms. The van der Waals surface area contributed by atoms with E-state index in [2.05, 4.69) is 15.3 Å². The largest absolute Gasteiger partial charge is 0.449 e. The predicted molar refractivity (Wildman–Crippen MR) is 102 cm³/mol. The molecule has 1 amide bonds. The summed E-state index contributed by atoms with van der Waals surface area (Å²) in [4.78, 5) is 20.7. The average Bonchev–Trinajstić information content (AvgIpc) is 2.53. The molecule has 2 rings (SSSR count). The standard InChI is InChI=1S/C15H13Cl4N3O2S/c1-8-7-11(21-14(20-8)25-2)24-13(15(17,18)19)22-12(23)9-3-5-10(16)6-4-9/h3-7,13H,1-2H3,(H,22,23). The van der Waals surface area contributed by atoms with Gasteiger partial charge in [0.15, 0.2) is 5.16 Å². The van der Waals surface area contributed by atoms with Gasteiger partial charge in [0.2, 0.25) is 15.9 Å². The van der Waals surface area contributed by atoms with Gasteiger partial charge in [-0.25, -0.2) is 4.98 Å². The Morgan fingerprint density at radius 3 is 2.44 bits per heavy atom. The van der Waals surface area contributed by atoms with Gasteiger partial charge in [-0.1, -0.05) is 58.2 Å². The second kappa shape index (κ2) is 8.64. The van der Waals surface area contributed by atoms with Crippen molar-refractivity contribution >= 4 is 64.1 Å². The second-order valence-electron chi connectivity index (χ2n) is 4.85. The fraction of sp³-hybridized carbons (Fsp3) is 0.267. The number of ether oxygens (including phenoxy) is 1. The number of benzene rings is 1. The van der Waals surface area contributed by atoms with Gasteiger partial charge in [-0.3, -0.25) is 4.79 Å². The summed E-state index contributed by atoms with van der Waals surface area (Å²) >= 11 is 25.0. The lowest BCUT2D eigenvalue weighted by atomic mass is 10.2. The smallest absolute Gasteiger partial charge is 0.254 e. The highest BCUT2D eigenvalue weighted by Gasteiger charge is 2.37. The van der Waals surface area contributed by atoms with Gasteiger partial charge < -0.3 is 10.1 Å². The number of aromatic nitrogens is 2. The average molecular weight is 441 g/mol. The van der Waals surface area contributed by atoms with Crippen molar-refractivity contribution in [1.29, 1.82) is 0 Å². The lowest BCUT2D eigenvalue weighted by molar-refractivity contribution is 0.0824. The molecule has 1 heterocycles. The van der Waals surface area contributed by atoms with Gasteiger partial charge >= 0.3 is 0 Å². The third-order valence-corrected chi connectivity index (χ3v) is 4.29. The zero-order valence-electron chi connectivity index (χ0n) is 13.1. The van der Waals surface area contributed by atoms with E-state index in [-0.39, 0.29) is 5.88 Å². The number of amides is 1. The molecule has 0 fully saturated rings. The summed E-state index contributed by atoms with van der Waals surface area (Å²) in [5.74, 6) is -0.298. The van der Waals surface area contributed by atoms with Crippen LogP contribution in [0, 0.1) is 6.92 Å². The summed E-state index contributed by atoms with van der Waals surface area (Å²) < 4.78 is 3.68. The minimum absolute atomic E-state index is 0.185. The van der Waals surface area contributed by atoms with Crippen LogP contribution in [0.4, 0.5) is 0 Å². The van der Waals surface area contributed by atoms with E-state index in [0.29, 0.717) is 21.4 Å². The number of nitrogens with one attached hydrogen (secondary N) is 1. The number of rotatable bonds is 5. The molecule has 0 spiro atoms. The van der Waals surface area contributed by atoms with E-state index < -0.39 is 15.9 Å². The lowest BCUT2D eigenvalue weighted by Gasteiger charge is -2.26. The molecule has 134 valence electrons. The number of hydrogen-bond acceptors (Lipinski definition) is 5. The highest BCUT2D eigenvalue weighted by molar-refractivity contribution is 7.98. The molecule has 5 nitrogen and oxygen atoms in total. The molecule has 0 radical (unpaired) electrons. The molecule has 2 aromatic rings. The summed E-state index contributed by atoms with van der Waals surface area (Å²) in [5.41, 5.74) is 1.03. The number of thioether (sulfide) groups is 1. The Labute approximate surface area is 169 Å². The van der Waals surface area contributed by atoms with E-state index in [1.165, 1.54) is 11.8 Å². The van der Waals surface area contributed by atoms with Crippen molar-refractivity contribution in [2.24, 2.45) is 0 Å². The Bertz CT molecular complexity index is 753. The first-order valence-electron chi connectivity index (χ1n) is 6.88. The van der Waals surface area contributed by atoms with Crippen molar-refractivity contribution < 1.29 is 9.53 Å². The highest BCUT2D eigenvalue weighted by Crippen LogP contribution is 2.32. The van der Waals surface area contributed by atoms with E-state index in [4.69, 9.17) is 51.1 Å². The summed E-state index contributed by atoms with van der Waals surface area (Å²) in [6, 6.07) is 7.85. The third kappa shape index (κ3) is 6.08. The number of nitrogens with zero attached hydrogens (tertiary/aromatic N) is 2. The maximum absolute atomic E-state index is 12.3. The number of carbonyl (C=O) groups is 1. The van der Waals surface area contributed by atoms with Crippen molar-refractivity contribution in [3.05, 3.63) is 46.6 Å². The maximum atomic E-state index is 12.3. The Balaban J connectivity index is 2.21. The minimum Gasteiger partial charge on any atom is -0.449 e. The van der Waals surface area contributed by atoms with Crippen LogP contribution in [0.15, 0.2) is 35.5 Å². The highest BCUT2D eigenvalue weighted by atomic mass is 35.6. The molecule has 1 aromatic carbocycles. The van der Waals surface area contributed by atoms with Gasteiger partial charge in [-0.05, 0) is 37.4 Å². The number of aryl methyl sites for hydroxylation is 1. The van der Waals surface area contributed by atoms with E-state index >= 15 is 0 Å². The van der Waals surface area contributed by atoms with Gasteiger partial charge in [-0.15, -0.1) is 0 Å². The molecule has 1 atom stereocenters. The summed E-state index contributed by atoms with van der Waals surface area (Å²) in [7, 11) is 0. The Kier molecular flexibility index (Phi) is 7.05. The zero-order valence-corrected chi connectivity index (χ0v) is 16.9. The molecular weight excluding hydrogens is 428 g/mol. The molecule has 0 aliphatic heterocycles. The van der Waals surface area contributed by atoms with E-state index in [9.17, 15) is 4.79 Å². The van der Waals surface area contributed by atoms with E-state index in [1.54, 1.807) is 37.3 Å². The van der Waals surface area contributed by atoms with Crippen molar-refractivity contribution in [2.45, 2.75) is 22.1 Å². The first kappa shape index (κ1) is 20.4. The van der Waals surface area contributed by atoms with Crippen molar-refractivity contribution in [1.82, 2.24) is 15.3 Å². The molecule has 10 heteroatoms. The number of halogens is 4. The molecule has 1 aromatic heterocycles. The van der Waals surface area contributed by atoms with Gasteiger partial charge in [0.25, 0.3) is 5.91 Å². The van der Waals surface area contributed by atoms with Gasteiger partial charge in [0.1, 0.15) is 0 Å². The minimum atomic E-state index is -1.92. The Morgan fingerprint density at radius 1 is 1.24 bits per heavy atom. The lowest BCUT2D eigenvalue weighted by Crippen LogP contribution is -2.48. The van der Waals surface area contributed by atoms with Gasteiger partial charge in [0, 0.05) is 22.3 Å². The Morgan fingerprint density at radius 2 is 1.88 bits per heavy atom. The van der Waals surface area contributed by atoms with Crippen molar-refractivity contribution in [3.8, 4) is 5.88 Å². The van der Waals surface area contributed by atoms with Crippen molar-refractivity contribution in [3.63, 3.8) is 0 Å².